The number of halogens is 3. The van der Waals surface area contributed by atoms with E-state index in [1.165, 1.54) is 18.2 Å². The minimum absolute atomic E-state index is 0.0658. The molecule has 5 N–H and O–H groups in total. The van der Waals surface area contributed by atoms with Crippen molar-refractivity contribution in [3.8, 4) is 22.4 Å². The summed E-state index contributed by atoms with van der Waals surface area (Å²) in [6.45, 7) is 3.58. The molecule has 0 saturated heterocycles. The minimum atomic E-state index is -1.01. The van der Waals surface area contributed by atoms with Gasteiger partial charge in [0.15, 0.2) is 0 Å². The van der Waals surface area contributed by atoms with Gasteiger partial charge in [0.25, 0.3) is 5.91 Å². The Bertz CT molecular complexity index is 1440. The molecule has 186 valence electrons. The maximum Gasteiger partial charge on any atom is 0.268 e. The van der Waals surface area contributed by atoms with Crippen LogP contribution in [0.4, 0.5) is 4.39 Å². The van der Waals surface area contributed by atoms with E-state index >= 15 is 0 Å². The summed E-state index contributed by atoms with van der Waals surface area (Å²) in [6.07, 6.45) is 2.93. The van der Waals surface area contributed by atoms with E-state index in [9.17, 15) is 14.3 Å². The Morgan fingerprint density at radius 1 is 1.19 bits per heavy atom. The number of benzene rings is 2. The van der Waals surface area contributed by atoms with Gasteiger partial charge in [-0.2, -0.15) is 5.10 Å². The Kier molecular flexibility index (Phi) is 6.61. The Hall–Kier alpha value is -3.17. The fourth-order valence-corrected chi connectivity index (χ4v) is 4.75. The maximum absolute atomic E-state index is 13.6. The second kappa shape index (κ2) is 9.71. The number of amides is 1. The smallest absolute Gasteiger partial charge is 0.268 e. The first-order chi connectivity index (χ1) is 17.3. The van der Waals surface area contributed by atoms with Gasteiger partial charge in [0.2, 0.25) is 0 Å². The van der Waals surface area contributed by atoms with Crippen molar-refractivity contribution >= 4 is 29.1 Å². The van der Waals surface area contributed by atoms with Crippen LogP contribution in [0.2, 0.25) is 10.0 Å². The van der Waals surface area contributed by atoms with Crippen molar-refractivity contribution in [1.82, 2.24) is 25.8 Å². The average molecular weight is 528 g/mol. The van der Waals surface area contributed by atoms with Crippen LogP contribution in [-0.2, 0) is 12.1 Å². The van der Waals surface area contributed by atoms with Crippen LogP contribution in [0.1, 0.15) is 35.0 Å². The summed E-state index contributed by atoms with van der Waals surface area (Å²) < 4.78 is 13.6. The molecular formula is C26H24Cl2FN5O2. The second-order valence-electron chi connectivity index (χ2n) is 8.82. The molecule has 2 heterocycles. The number of H-pyrrole nitrogens is 2. The van der Waals surface area contributed by atoms with Gasteiger partial charge in [-0.15, -0.1) is 0 Å². The van der Waals surface area contributed by atoms with Crippen molar-refractivity contribution in [1.29, 1.82) is 0 Å². The third kappa shape index (κ3) is 4.53. The zero-order valence-electron chi connectivity index (χ0n) is 19.3. The number of aliphatic hydroxyl groups excluding tert-OH is 1. The van der Waals surface area contributed by atoms with Crippen molar-refractivity contribution < 1.29 is 14.3 Å². The number of aromatic amines is 2. The van der Waals surface area contributed by atoms with Gasteiger partial charge >= 0.3 is 0 Å². The summed E-state index contributed by atoms with van der Waals surface area (Å²) in [5.74, 6) is -0.968. The van der Waals surface area contributed by atoms with Crippen LogP contribution in [0.25, 0.3) is 22.4 Å². The van der Waals surface area contributed by atoms with Gasteiger partial charge < -0.3 is 20.7 Å². The molecule has 0 radical (unpaired) electrons. The van der Waals surface area contributed by atoms with E-state index in [2.05, 4.69) is 25.8 Å². The molecule has 1 amide bonds. The third-order valence-corrected chi connectivity index (χ3v) is 7.12. The Labute approximate surface area is 217 Å². The van der Waals surface area contributed by atoms with Crippen LogP contribution in [0.3, 0.4) is 0 Å². The summed E-state index contributed by atoms with van der Waals surface area (Å²) in [4.78, 5) is 16.1. The maximum atomic E-state index is 13.6. The molecule has 2 aromatic heterocycles. The highest BCUT2D eigenvalue weighted by Gasteiger charge is 2.56. The molecule has 0 aliphatic heterocycles. The summed E-state index contributed by atoms with van der Waals surface area (Å²) in [6, 6.07) is 11.7. The lowest BCUT2D eigenvalue weighted by Crippen LogP contribution is -2.38. The second-order valence-corrected chi connectivity index (χ2v) is 9.64. The fourth-order valence-electron chi connectivity index (χ4n) is 4.32. The fraction of sp³-hybridized carbons (Fsp3) is 0.231. The van der Waals surface area contributed by atoms with E-state index in [0.29, 0.717) is 29.2 Å². The molecule has 2 unspecified atom stereocenters. The van der Waals surface area contributed by atoms with E-state index in [1.807, 2.05) is 25.1 Å². The van der Waals surface area contributed by atoms with Gasteiger partial charge in [0, 0.05) is 35.3 Å². The number of carbonyl (C=O) groups is 1. The number of hydrogen-bond acceptors (Lipinski definition) is 4. The number of hydrogen-bond donors (Lipinski definition) is 5. The topological polar surface area (TPSA) is 106 Å². The number of carbonyl (C=O) groups excluding carboxylic acids is 1. The minimum Gasteiger partial charge on any atom is -0.390 e. The largest absolute Gasteiger partial charge is 0.390 e. The van der Waals surface area contributed by atoms with Gasteiger partial charge in [-0.05, 0) is 47.5 Å². The van der Waals surface area contributed by atoms with E-state index in [4.69, 9.17) is 23.2 Å². The molecule has 0 bridgehead atoms. The van der Waals surface area contributed by atoms with Crippen molar-refractivity contribution in [2.75, 3.05) is 6.54 Å². The van der Waals surface area contributed by atoms with Gasteiger partial charge in [0.05, 0.1) is 28.6 Å². The van der Waals surface area contributed by atoms with E-state index in [-0.39, 0.29) is 5.02 Å². The Morgan fingerprint density at radius 3 is 2.69 bits per heavy atom. The molecule has 1 fully saturated rings. The van der Waals surface area contributed by atoms with Crippen LogP contribution < -0.4 is 10.6 Å². The SMILES string of the molecule is CCNCc1ccc(-c2cn[nH]c2-c2c[nH]c(C(=O)NC3(c4ccc(F)c(Cl)c4)CC3O)c2)cc1Cl. The quantitative estimate of drug-likeness (QED) is 0.222. The molecule has 4 aromatic rings. The summed E-state index contributed by atoms with van der Waals surface area (Å²) in [5, 5.41) is 24.2. The lowest BCUT2D eigenvalue weighted by Gasteiger charge is -2.18. The van der Waals surface area contributed by atoms with Crippen molar-refractivity contribution in [3.05, 3.63) is 87.5 Å². The standard InChI is InChI=1S/C26H24Cl2FN5O2/c1-2-30-11-15-4-3-14(7-19(15)27)18-13-32-34-24(18)16-8-22(31-12-16)25(36)33-26(10-23(26)35)17-5-6-21(29)20(28)9-17/h3-9,12-13,23,30-31,35H,2,10-11H2,1H3,(H,32,34)(H,33,36). The highest BCUT2D eigenvalue weighted by atomic mass is 35.5. The van der Waals surface area contributed by atoms with Gasteiger partial charge in [-0.25, -0.2) is 4.39 Å². The number of rotatable bonds is 8. The zero-order chi connectivity index (χ0) is 25.4. The van der Waals surface area contributed by atoms with E-state index in [1.54, 1.807) is 18.5 Å². The first kappa shape index (κ1) is 24.5. The molecular weight excluding hydrogens is 504 g/mol. The molecule has 0 spiro atoms. The highest BCUT2D eigenvalue weighted by molar-refractivity contribution is 6.31. The molecule has 2 aromatic carbocycles. The number of aliphatic hydroxyl groups is 1. The Morgan fingerprint density at radius 2 is 2.00 bits per heavy atom. The van der Waals surface area contributed by atoms with E-state index < -0.39 is 23.4 Å². The molecule has 36 heavy (non-hydrogen) atoms. The number of nitrogens with zero attached hydrogens (tertiary/aromatic N) is 1. The predicted molar refractivity (Wildman–Crippen MR) is 137 cm³/mol. The average Bonchev–Trinajstić information content (AvgIpc) is 3.25. The van der Waals surface area contributed by atoms with Crippen molar-refractivity contribution in [2.24, 2.45) is 0 Å². The van der Waals surface area contributed by atoms with Crippen LogP contribution in [0.15, 0.2) is 54.9 Å². The lowest BCUT2D eigenvalue weighted by atomic mass is 10.0. The zero-order valence-corrected chi connectivity index (χ0v) is 20.8. The van der Waals surface area contributed by atoms with Crippen LogP contribution in [0.5, 0.6) is 0 Å². The van der Waals surface area contributed by atoms with Gasteiger partial charge in [-0.3, -0.25) is 9.89 Å². The molecule has 2 atom stereocenters. The molecule has 1 saturated carbocycles. The third-order valence-electron chi connectivity index (χ3n) is 6.48. The van der Waals surface area contributed by atoms with E-state index in [0.717, 1.165) is 34.5 Å². The van der Waals surface area contributed by atoms with Gasteiger partial charge in [0.1, 0.15) is 11.5 Å². The van der Waals surface area contributed by atoms with Gasteiger partial charge in [-0.1, -0.05) is 48.3 Å². The monoisotopic (exact) mass is 527 g/mol. The molecule has 10 heteroatoms. The molecule has 5 rings (SSSR count). The molecule has 1 aliphatic carbocycles. The van der Waals surface area contributed by atoms with Crippen molar-refractivity contribution in [2.45, 2.75) is 31.5 Å². The lowest BCUT2D eigenvalue weighted by molar-refractivity contribution is 0.0907. The molecule has 7 nitrogen and oxygen atoms in total. The first-order valence-corrected chi connectivity index (χ1v) is 12.3. The number of aromatic nitrogens is 3. The van der Waals surface area contributed by atoms with Crippen LogP contribution in [0, 0.1) is 5.82 Å². The highest BCUT2D eigenvalue weighted by Crippen LogP contribution is 2.47. The molecule has 1 aliphatic rings. The predicted octanol–water partition coefficient (Wildman–Crippen LogP) is 5.02. The van der Waals surface area contributed by atoms with Crippen LogP contribution in [-0.4, -0.2) is 38.8 Å². The normalized spacial score (nSPS) is 18.9. The number of nitrogens with one attached hydrogen (secondary N) is 4. The Balaban J connectivity index is 1.37. The first-order valence-electron chi connectivity index (χ1n) is 11.5. The van der Waals surface area contributed by atoms with Crippen LogP contribution >= 0.6 is 23.2 Å². The summed E-state index contributed by atoms with van der Waals surface area (Å²) in [5.41, 5.74) is 4.04. The summed E-state index contributed by atoms with van der Waals surface area (Å²) in [7, 11) is 0. The summed E-state index contributed by atoms with van der Waals surface area (Å²) >= 11 is 12.4. The van der Waals surface area contributed by atoms with Crippen molar-refractivity contribution in [3.63, 3.8) is 0 Å².